The molecule has 2 atom stereocenters. The maximum atomic E-state index is 12.5. The van der Waals surface area contributed by atoms with Crippen molar-refractivity contribution in [2.24, 2.45) is 5.73 Å². The van der Waals surface area contributed by atoms with E-state index in [4.69, 9.17) is 5.73 Å². The zero-order chi connectivity index (χ0) is 11.6. The monoisotopic (exact) mass is 242 g/mol. The zero-order valence-electron chi connectivity index (χ0n) is 10.1. The van der Waals surface area contributed by atoms with Crippen LogP contribution in [0.3, 0.4) is 0 Å². The van der Waals surface area contributed by atoms with Crippen molar-refractivity contribution in [3.8, 4) is 0 Å². The first-order valence-electron chi connectivity index (χ1n) is 6.32. The molecule has 2 unspecified atom stereocenters. The smallest absolute Gasteiger partial charge is 0.238 e. The number of hydrogen-bond donors (Lipinski definition) is 1. The Morgan fingerprint density at radius 1 is 1.50 bits per heavy atom. The Kier molecular flexibility index (Phi) is 3.80. The largest absolute Gasteiger partial charge is 0.337 e. The fourth-order valence-corrected chi connectivity index (χ4v) is 4.03. The zero-order valence-corrected chi connectivity index (χ0v) is 10.9. The van der Waals surface area contributed by atoms with Gasteiger partial charge in [0.1, 0.15) is 0 Å². The Hall–Kier alpha value is -0.220. The van der Waals surface area contributed by atoms with Crippen LogP contribution in [0.15, 0.2) is 0 Å². The number of likely N-dealkylation sites (tertiary alicyclic amines) is 1. The first-order chi connectivity index (χ1) is 7.67. The van der Waals surface area contributed by atoms with Crippen LogP contribution in [0.2, 0.25) is 0 Å². The summed E-state index contributed by atoms with van der Waals surface area (Å²) in [6, 6.07) is 0.291. The van der Waals surface area contributed by atoms with Crippen molar-refractivity contribution in [3.05, 3.63) is 0 Å². The maximum Gasteiger partial charge on any atom is 0.238 e. The van der Waals surface area contributed by atoms with Gasteiger partial charge in [0.2, 0.25) is 5.91 Å². The maximum absolute atomic E-state index is 12.5. The third kappa shape index (κ3) is 2.23. The van der Waals surface area contributed by atoms with E-state index in [9.17, 15) is 4.79 Å². The number of nitrogens with two attached hydrogens (primary N) is 1. The molecule has 2 heterocycles. The lowest BCUT2D eigenvalue weighted by Gasteiger charge is -2.39. The third-order valence-electron chi connectivity index (χ3n) is 3.83. The van der Waals surface area contributed by atoms with Crippen molar-refractivity contribution >= 4 is 17.7 Å². The van der Waals surface area contributed by atoms with E-state index in [0.29, 0.717) is 18.5 Å². The minimum absolute atomic E-state index is 0.162. The summed E-state index contributed by atoms with van der Waals surface area (Å²) >= 11 is 1.83. The summed E-state index contributed by atoms with van der Waals surface area (Å²) in [5.74, 6) is 1.47. The van der Waals surface area contributed by atoms with E-state index in [1.54, 1.807) is 0 Å². The highest BCUT2D eigenvalue weighted by atomic mass is 32.2. The SMILES string of the molecule is CC1(C(=O)N2CCCCC2CN)CCCS1. The van der Waals surface area contributed by atoms with Crippen LogP contribution < -0.4 is 5.73 Å². The highest BCUT2D eigenvalue weighted by molar-refractivity contribution is 8.01. The Bertz CT molecular complexity index is 264. The van der Waals surface area contributed by atoms with Gasteiger partial charge < -0.3 is 10.6 Å². The van der Waals surface area contributed by atoms with Crippen molar-refractivity contribution in [3.63, 3.8) is 0 Å². The van der Waals surface area contributed by atoms with Crippen molar-refractivity contribution in [2.75, 3.05) is 18.8 Å². The molecule has 0 bridgehead atoms. The standard InChI is InChI=1S/C12H22N2OS/c1-12(6-4-8-16-12)11(15)14-7-3-2-5-10(14)9-13/h10H,2-9,13H2,1H3. The normalized spacial score (nSPS) is 35.4. The van der Waals surface area contributed by atoms with Gasteiger partial charge in [0.25, 0.3) is 0 Å². The summed E-state index contributed by atoms with van der Waals surface area (Å²) < 4.78 is -0.162. The van der Waals surface area contributed by atoms with Crippen LogP contribution in [-0.4, -0.2) is 40.4 Å². The van der Waals surface area contributed by atoms with Gasteiger partial charge in [-0.25, -0.2) is 0 Å². The van der Waals surface area contributed by atoms with Gasteiger partial charge in [-0.15, -0.1) is 11.8 Å². The van der Waals surface area contributed by atoms with Crippen LogP contribution in [0, 0.1) is 0 Å². The van der Waals surface area contributed by atoms with Crippen LogP contribution in [0.25, 0.3) is 0 Å². The van der Waals surface area contributed by atoms with Crippen LogP contribution in [0.1, 0.15) is 39.0 Å². The van der Waals surface area contributed by atoms with Gasteiger partial charge in [-0.1, -0.05) is 0 Å². The van der Waals surface area contributed by atoms with Crippen molar-refractivity contribution in [1.29, 1.82) is 0 Å². The molecule has 0 saturated carbocycles. The molecule has 2 aliphatic rings. The third-order valence-corrected chi connectivity index (χ3v) is 5.34. The molecule has 0 aromatic rings. The fourth-order valence-electron chi connectivity index (χ4n) is 2.76. The van der Waals surface area contributed by atoms with Gasteiger partial charge in [-0.05, 0) is 44.8 Å². The molecule has 0 aromatic heterocycles. The predicted molar refractivity (Wildman–Crippen MR) is 68.5 cm³/mol. The average Bonchev–Trinajstić information content (AvgIpc) is 2.76. The molecular weight excluding hydrogens is 220 g/mol. The summed E-state index contributed by atoms with van der Waals surface area (Å²) in [4.78, 5) is 14.6. The lowest BCUT2D eigenvalue weighted by molar-refractivity contribution is -0.136. The summed E-state index contributed by atoms with van der Waals surface area (Å²) in [6.07, 6.45) is 5.65. The van der Waals surface area contributed by atoms with E-state index in [1.165, 1.54) is 12.8 Å². The molecule has 2 N–H and O–H groups in total. The number of piperidine rings is 1. The summed E-state index contributed by atoms with van der Waals surface area (Å²) in [5, 5.41) is 0. The molecule has 92 valence electrons. The minimum Gasteiger partial charge on any atom is -0.337 e. The molecular formula is C12H22N2OS. The highest BCUT2D eigenvalue weighted by Gasteiger charge is 2.42. The van der Waals surface area contributed by atoms with Crippen molar-refractivity contribution < 1.29 is 4.79 Å². The lowest BCUT2D eigenvalue weighted by atomic mass is 9.97. The summed E-state index contributed by atoms with van der Waals surface area (Å²) in [5.41, 5.74) is 5.77. The Morgan fingerprint density at radius 2 is 2.31 bits per heavy atom. The van der Waals surface area contributed by atoms with E-state index >= 15 is 0 Å². The molecule has 0 spiro atoms. The van der Waals surface area contributed by atoms with Gasteiger partial charge in [0.15, 0.2) is 0 Å². The molecule has 3 nitrogen and oxygen atoms in total. The van der Waals surface area contributed by atoms with Gasteiger partial charge in [-0.2, -0.15) is 0 Å². The molecule has 2 aliphatic heterocycles. The predicted octanol–water partition coefficient (Wildman–Crippen LogP) is 1.61. The van der Waals surface area contributed by atoms with Crippen LogP contribution in [0.4, 0.5) is 0 Å². The second-order valence-electron chi connectivity index (χ2n) is 5.07. The Labute approximate surface area is 102 Å². The molecule has 0 radical (unpaired) electrons. The number of carbonyl (C=O) groups excluding carboxylic acids is 1. The molecule has 0 aromatic carbocycles. The van der Waals surface area contributed by atoms with Gasteiger partial charge >= 0.3 is 0 Å². The molecule has 2 fully saturated rings. The van der Waals surface area contributed by atoms with E-state index in [2.05, 4.69) is 11.8 Å². The first kappa shape index (κ1) is 12.2. The Morgan fingerprint density at radius 3 is 2.94 bits per heavy atom. The van der Waals surface area contributed by atoms with Crippen LogP contribution in [0.5, 0.6) is 0 Å². The van der Waals surface area contributed by atoms with Crippen molar-refractivity contribution in [1.82, 2.24) is 4.90 Å². The van der Waals surface area contributed by atoms with Gasteiger partial charge in [0, 0.05) is 19.1 Å². The topological polar surface area (TPSA) is 46.3 Å². The fraction of sp³-hybridized carbons (Fsp3) is 0.917. The van der Waals surface area contributed by atoms with E-state index < -0.39 is 0 Å². The van der Waals surface area contributed by atoms with E-state index in [-0.39, 0.29) is 4.75 Å². The minimum atomic E-state index is -0.162. The number of rotatable bonds is 2. The second-order valence-corrected chi connectivity index (χ2v) is 6.66. The first-order valence-corrected chi connectivity index (χ1v) is 7.31. The number of carbonyl (C=O) groups is 1. The van der Waals surface area contributed by atoms with Gasteiger partial charge in [0.05, 0.1) is 4.75 Å². The Balaban J connectivity index is 2.07. The molecule has 2 saturated heterocycles. The van der Waals surface area contributed by atoms with Crippen LogP contribution in [-0.2, 0) is 4.79 Å². The quantitative estimate of drug-likeness (QED) is 0.800. The molecule has 1 amide bonds. The number of hydrogen-bond acceptors (Lipinski definition) is 3. The molecule has 4 heteroatoms. The highest BCUT2D eigenvalue weighted by Crippen LogP contribution is 2.40. The lowest BCUT2D eigenvalue weighted by Crippen LogP contribution is -2.53. The van der Waals surface area contributed by atoms with E-state index in [0.717, 1.165) is 31.6 Å². The van der Waals surface area contributed by atoms with Crippen molar-refractivity contribution in [2.45, 2.75) is 49.8 Å². The number of amides is 1. The molecule has 2 rings (SSSR count). The summed E-state index contributed by atoms with van der Waals surface area (Å²) in [6.45, 7) is 3.64. The van der Waals surface area contributed by atoms with Gasteiger partial charge in [-0.3, -0.25) is 4.79 Å². The van der Waals surface area contributed by atoms with E-state index in [1.807, 2.05) is 11.8 Å². The molecule has 0 aliphatic carbocycles. The number of thioether (sulfide) groups is 1. The van der Waals surface area contributed by atoms with Crippen LogP contribution >= 0.6 is 11.8 Å². The second kappa shape index (κ2) is 4.96. The number of nitrogens with zero attached hydrogens (tertiary/aromatic N) is 1. The average molecular weight is 242 g/mol. The summed E-state index contributed by atoms with van der Waals surface area (Å²) in [7, 11) is 0. The molecule has 16 heavy (non-hydrogen) atoms.